The van der Waals surface area contributed by atoms with E-state index in [4.69, 9.17) is 11.1 Å². The van der Waals surface area contributed by atoms with Gasteiger partial charge in [-0.2, -0.15) is 0 Å². The molecule has 0 radical (unpaired) electrons. The van der Waals surface area contributed by atoms with Gasteiger partial charge in [0, 0.05) is 0 Å². The molecule has 0 saturated carbocycles. The summed E-state index contributed by atoms with van der Waals surface area (Å²) in [5.41, 5.74) is 0. The summed E-state index contributed by atoms with van der Waals surface area (Å²) in [5.74, 6) is 0. The first-order valence-electron chi connectivity index (χ1n) is 5.61. The first-order chi connectivity index (χ1) is 6.45. The first kappa shape index (κ1) is 14.6. The van der Waals surface area contributed by atoms with Crippen molar-refractivity contribution >= 4 is 28.5 Å². The molecule has 0 aliphatic heterocycles. The maximum Gasteiger partial charge on any atom is 0.285 e. The summed E-state index contributed by atoms with van der Waals surface area (Å²) in [5, 5.41) is 0. The summed E-state index contributed by atoms with van der Waals surface area (Å²) in [6.07, 6.45) is 0. The Hall–Kier alpha value is 0.644. The van der Waals surface area contributed by atoms with Gasteiger partial charge in [0.1, 0.15) is 8.96 Å². The van der Waals surface area contributed by atoms with Gasteiger partial charge in [0.2, 0.25) is 0 Å². The van der Waals surface area contributed by atoms with E-state index in [-0.39, 0.29) is 0 Å². The van der Waals surface area contributed by atoms with Gasteiger partial charge in [-0.05, 0) is 19.1 Å². The van der Waals surface area contributed by atoms with Crippen LogP contribution in [0.25, 0.3) is 0 Å². The molecule has 0 saturated heterocycles. The van der Waals surface area contributed by atoms with Crippen molar-refractivity contribution in [1.29, 1.82) is 0 Å². The summed E-state index contributed by atoms with van der Waals surface area (Å²) in [6, 6.07) is 0.608. The second kappa shape index (κ2) is 7.01. The minimum absolute atomic E-state index is 0.608. The van der Waals surface area contributed by atoms with Crippen LogP contribution < -0.4 is 0 Å². The highest BCUT2D eigenvalue weighted by atomic mass is 35.6. The van der Waals surface area contributed by atoms with Gasteiger partial charge in [0.25, 0.3) is 8.43 Å². The molecular weight excluding hydrogens is 228 g/mol. The normalized spacial score (nSPS) is 14.8. The Kier molecular flexibility index (Phi) is 7.33. The van der Waals surface area contributed by atoms with Gasteiger partial charge in [-0.25, -0.2) is 0 Å². The lowest BCUT2D eigenvalue weighted by Gasteiger charge is -2.38. The molecule has 0 aromatic rings. The zero-order chi connectivity index (χ0) is 11.3. The average molecular weight is 253 g/mol. The lowest BCUT2D eigenvalue weighted by Crippen LogP contribution is -2.56. The van der Waals surface area contributed by atoms with Crippen LogP contribution in [0.3, 0.4) is 0 Å². The summed E-state index contributed by atoms with van der Waals surface area (Å²) in [7, 11) is -2.11. The molecule has 0 aliphatic rings. The van der Waals surface area contributed by atoms with Crippen molar-refractivity contribution in [2.24, 2.45) is 0 Å². The molecule has 14 heavy (non-hydrogen) atoms. The molecule has 1 atom stereocenters. The molecule has 2 nitrogen and oxygen atoms in total. The van der Waals surface area contributed by atoms with Gasteiger partial charge < -0.3 is 8.80 Å². The van der Waals surface area contributed by atoms with E-state index in [2.05, 4.69) is 49.6 Å². The van der Waals surface area contributed by atoms with Crippen molar-refractivity contribution in [2.75, 3.05) is 13.1 Å². The molecule has 0 aromatic heterocycles. The number of halogens is 1. The summed E-state index contributed by atoms with van der Waals surface area (Å²) in [4.78, 5) is 0. The van der Waals surface area contributed by atoms with Crippen molar-refractivity contribution in [2.45, 2.75) is 46.8 Å². The molecule has 0 aliphatic carbocycles. The molecule has 0 amide bonds. The Bertz CT molecular complexity index is 144. The predicted molar refractivity (Wildman–Crippen MR) is 71.8 cm³/mol. The lowest BCUT2D eigenvalue weighted by atomic mass is 10.4. The Labute approximate surface area is 97.4 Å². The molecule has 0 bridgehead atoms. The maximum atomic E-state index is 6.63. The van der Waals surface area contributed by atoms with Crippen LogP contribution in [0, 0.1) is 0 Å². The van der Waals surface area contributed by atoms with E-state index in [1.807, 2.05) is 0 Å². The minimum atomic E-state index is -1.35. The van der Waals surface area contributed by atoms with Gasteiger partial charge in [-0.15, -0.1) is 11.1 Å². The largest absolute Gasteiger partial charge is 0.324 e. The van der Waals surface area contributed by atoms with Crippen LogP contribution in [0.5, 0.6) is 0 Å². The van der Waals surface area contributed by atoms with E-state index >= 15 is 0 Å². The van der Waals surface area contributed by atoms with Gasteiger partial charge >= 0.3 is 0 Å². The summed E-state index contributed by atoms with van der Waals surface area (Å²) in [6.45, 7) is 15.8. The third-order valence-corrected chi connectivity index (χ3v) is 11.5. The maximum absolute atomic E-state index is 6.63. The molecule has 0 aromatic carbocycles. The van der Waals surface area contributed by atoms with Crippen LogP contribution >= 0.6 is 11.1 Å². The molecule has 5 heteroatoms. The fourth-order valence-corrected chi connectivity index (χ4v) is 10.5. The standard InChI is InChI=1S/C9H25ClN2Si2/c1-7-11(8-2)14(10)12(9(3)4)13(5)6/h9,13-14H,7-8H2,1-6H3. The molecule has 0 spiro atoms. The fraction of sp³-hybridized carbons (Fsp3) is 1.00. The van der Waals surface area contributed by atoms with Crippen LogP contribution in [0.2, 0.25) is 13.1 Å². The smallest absolute Gasteiger partial charge is 0.285 e. The molecular formula is C9H25ClN2Si2. The molecule has 0 rings (SSSR count). The Morgan fingerprint density at radius 1 is 1.14 bits per heavy atom. The van der Waals surface area contributed by atoms with E-state index in [1.54, 1.807) is 0 Å². The Morgan fingerprint density at radius 3 is 1.79 bits per heavy atom. The van der Waals surface area contributed by atoms with Crippen molar-refractivity contribution in [3.05, 3.63) is 0 Å². The van der Waals surface area contributed by atoms with Crippen molar-refractivity contribution in [3.63, 3.8) is 0 Å². The lowest BCUT2D eigenvalue weighted by molar-refractivity contribution is 0.421. The quantitative estimate of drug-likeness (QED) is 0.527. The average Bonchev–Trinajstić information content (AvgIpc) is 2.04. The second-order valence-electron chi connectivity index (χ2n) is 4.17. The number of rotatable bonds is 6. The number of nitrogens with zero attached hydrogens (tertiary/aromatic N) is 2. The number of hydrogen-bond acceptors (Lipinski definition) is 2. The summed E-state index contributed by atoms with van der Waals surface area (Å²) >= 11 is 6.63. The van der Waals surface area contributed by atoms with Crippen LogP contribution in [-0.2, 0) is 0 Å². The highest BCUT2D eigenvalue weighted by molar-refractivity contribution is 7.06. The van der Waals surface area contributed by atoms with E-state index in [0.717, 1.165) is 13.1 Å². The zero-order valence-corrected chi connectivity index (χ0v) is 13.5. The molecule has 0 fully saturated rings. The molecule has 1 unspecified atom stereocenters. The predicted octanol–water partition coefficient (Wildman–Crippen LogP) is 1.98. The first-order valence-corrected chi connectivity index (χ1v) is 11.2. The van der Waals surface area contributed by atoms with E-state index < -0.39 is 17.4 Å². The van der Waals surface area contributed by atoms with E-state index in [1.165, 1.54) is 0 Å². The van der Waals surface area contributed by atoms with Crippen LogP contribution in [0.4, 0.5) is 0 Å². The topological polar surface area (TPSA) is 6.48 Å². The van der Waals surface area contributed by atoms with Crippen molar-refractivity contribution in [1.82, 2.24) is 8.80 Å². The fourth-order valence-electron chi connectivity index (χ4n) is 1.80. The van der Waals surface area contributed by atoms with Gasteiger partial charge in [-0.1, -0.05) is 40.8 Å². The van der Waals surface area contributed by atoms with Crippen LogP contribution in [-0.4, -0.2) is 45.3 Å². The van der Waals surface area contributed by atoms with Crippen LogP contribution in [0.15, 0.2) is 0 Å². The number of hydrogen-bond donors (Lipinski definition) is 0. The van der Waals surface area contributed by atoms with Crippen LogP contribution in [0.1, 0.15) is 27.7 Å². The molecule has 0 heterocycles. The van der Waals surface area contributed by atoms with Crippen molar-refractivity contribution in [3.8, 4) is 0 Å². The van der Waals surface area contributed by atoms with Gasteiger partial charge in [-0.3, -0.25) is 0 Å². The Balaban J connectivity index is 4.49. The van der Waals surface area contributed by atoms with E-state index in [9.17, 15) is 0 Å². The monoisotopic (exact) mass is 252 g/mol. The third-order valence-electron chi connectivity index (χ3n) is 2.55. The highest BCUT2D eigenvalue weighted by Crippen LogP contribution is 2.12. The minimum Gasteiger partial charge on any atom is -0.324 e. The third kappa shape index (κ3) is 4.02. The SMILES string of the molecule is CCN(CC)[SiH](Cl)N(C(C)C)[SiH](C)C. The molecule has 0 N–H and O–H groups in total. The Morgan fingerprint density at radius 2 is 1.57 bits per heavy atom. The second-order valence-corrected chi connectivity index (χ2v) is 10.7. The van der Waals surface area contributed by atoms with Crippen molar-refractivity contribution < 1.29 is 0 Å². The van der Waals surface area contributed by atoms with E-state index in [0.29, 0.717) is 6.04 Å². The van der Waals surface area contributed by atoms with Gasteiger partial charge in [0.05, 0.1) is 0 Å². The van der Waals surface area contributed by atoms with Gasteiger partial charge in [0.15, 0.2) is 0 Å². The molecule has 86 valence electrons. The zero-order valence-electron chi connectivity index (χ0n) is 10.4. The highest BCUT2D eigenvalue weighted by Gasteiger charge is 2.27. The summed E-state index contributed by atoms with van der Waals surface area (Å²) < 4.78 is 5.04.